The highest BCUT2D eigenvalue weighted by Crippen LogP contribution is 2.33. The molecule has 120 valence electrons. The van der Waals surface area contributed by atoms with Crippen molar-refractivity contribution < 1.29 is 9.59 Å². The van der Waals surface area contributed by atoms with Crippen molar-refractivity contribution in [3.63, 3.8) is 0 Å². The molecule has 1 N–H and O–H groups in total. The second-order valence-electron chi connectivity index (χ2n) is 6.50. The first-order valence-electron chi connectivity index (χ1n) is 8.32. The van der Waals surface area contributed by atoms with Gasteiger partial charge in [0.05, 0.1) is 5.52 Å². The zero-order chi connectivity index (χ0) is 16.0. The van der Waals surface area contributed by atoms with Crippen LogP contribution in [0.4, 0.5) is 0 Å². The molecule has 1 aromatic carbocycles. The molecule has 0 unspecified atom stereocenters. The standard InChI is InChI=1S/C18H19BrN2O2/c19-12-6-7-15-14(10-12)13-8-9-20-17(22)16(13)21(15)18(23)11-4-2-1-3-5-11/h6-7,10-11H,1-5,8-9H2,(H,20,22). The number of rotatable bonds is 1. The largest absolute Gasteiger partial charge is 0.350 e. The van der Waals surface area contributed by atoms with Crippen molar-refractivity contribution in [2.24, 2.45) is 5.92 Å². The fourth-order valence-corrected chi connectivity index (χ4v) is 4.33. The number of hydrogen-bond acceptors (Lipinski definition) is 2. The highest BCUT2D eigenvalue weighted by molar-refractivity contribution is 9.10. The van der Waals surface area contributed by atoms with Crippen LogP contribution < -0.4 is 5.32 Å². The Balaban J connectivity index is 1.92. The summed E-state index contributed by atoms with van der Waals surface area (Å²) in [6, 6.07) is 5.92. The molecule has 23 heavy (non-hydrogen) atoms. The normalized spacial score (nSPS) is 18.7. The Kier molecular flexibility index (Phi) is 3.76. The van der Waals surface area contributed by atoms with Gasteiger partial charge < -0.3 is 5.32 Å². The van der Waals surface area contributed by atoms with Gasteiger partial charge in [0.25, 0.3) is 5.91 Å². The van der Waals surface area contributed by atoms with E-state index in [9.17, 15) is 9.59 Å². The third kappa shape index (κ3) is 2.42. The summed E-state index contributed by atoms with van der Waals surface area (Å²) < 4.78 is 2.67. The van der Waals surface area contributed by atoms with Gasteiger partial charge in [-0.3, -0.25) is 14.2 Å². The summed E-state index contributed by atoms with van der Waals surface area (Å²) in [5, 5.41) is 3.91. The summed E-state index contributed by atoms with van der Waals surface area (Å²) >= 11 is 3.50. The maximum absolute atomic E-state index is 13.1. The van der Waals surface area contributed by atoms with E-state index in [1.807, 2.05) is 18.2 Å². The van der Waals surface area contributed by atoms with E-state index in [1.165, 1.54) is 6.42 Å². The molecule has 2 heterocycles. The molecule has 5 heteroatoms. The van der Waals surface area contributed by atoms with E-state index < -0.39 is 0 Å². The zero-order valence-corrected chi connectivity index (χ0v) is 14.5. The van der Waals surface area contributed by atoms with Gasteiger partial charge in [0.1, 0.15) is 5.69 Å². The third-order valence-corrected chi connectivity index (χ3v) is 5.58. The maximum atomic E-state index is 13.1. The molecule has 1 amide bonds. The lowest BCUT2D eigenvalue weighted by Gasteiger charge is -2.23. The van der Waals surface area contributed by atoms with Gasteiger partial charge in [-0.05, 0) is 43.0 Å². The summed E-state index contributed by atoms with van der Waals surface area (Å²) in [6.45, 7) is 0.634. The lowest BCUT2D eigenvalue weighted by atomic mass is 9.88. The van der Waals surface area contributed by atoms with Gasteiger partial charge >= 0.3 is 0 Å². The highest BCUT2D eigenvalue weighted by Gasteiger charge is 2.32. The van der Waals surface area contributed by atoms with Gasteiger partial charge in [0.15, 0.2) is 0 Å². The van der Waals surface area contributed by atoms with Gasteiger partial charge in [0.2, 0.25) is 5.91 Å². The average molecular weight is 375 g/mol. The molecule has 4 rings (SSSR count). The molecule has 2 aliphatic rings. The quantitative estimate of drug-likeness (QED) is 0.822. The molecule has 0 bridgehead atoms. The van der Waals surface area contributed by atoms with E-state index in [1.54, 1.807) is 4.57 Å². The number of halogens is 1. The molecule has 1 aromatic heterocycles. The van der Waals surface area contributed by atoms with Gasteiger partial charge in [-0.1, -0.05) is 35.2 Å². The lowest BCUT2D eigenvalue weighted by molar-refractivity contribution is 0.0785. The van der Waals surface area contributed by atoms with Crippen molar-refractivity contribution in [1.29, 1.82) is 0 Å². The first-order chi connectivity index (χ1) is 11.2. The van der Waals surface area contributed by atoms with Gasteiger partial charge in [-0.2, -0.15) is 0 Å². The van der Waals surface area contributed by atoms with Gasteiger partial charge in [0, 0.05) is 22.3 Å². The van der Waals surface area contributed by atoms with Crippen LogP contribution in [-0.2, 0) is 6.42 Å². The molecule has 1 fully saturated rings. The first-order valence-corrected chi connectivity index (χ1v) is 9.11. The van der Waals surface area contributed by atoms with Crippen LogP contribution in [0.5, 0.6) is 0 Å². The molecule has 0 atom stereocenters. The number of fused-ring (bicyclic) bond motifs is 3. The number of nitrogens with one attached hydrogen (secondary N) is 1. The van der Waals surface area contributed by atoms with Crippen molar-refractivity contribution in [3.8, 4) is 0 Å². The van der Waals surface area contributed by atoms with Crippen LogP contribution in [0, 0.1) is 5.92 Å². The molecular weight excluding hydrogens is 356 g/mol. The van der Waals surface area contributed by atoms with E-state index in [4.69, 9.17) is 0 Å². The van der Waals surface area contributed by atoms with Crippen molar-refractivity contribution in [3.05, 3.63) is 33.9 Å². The summed E-state index contributed by atoms with van der Waals surface area (Å²) in [4.78, 5) is 25.6. The van der Waals surface area contributed by atoms with Crippen molar-refractivity contribution in [2.45, 2.75) is 38.5 Å². The third-order valence-electron chi connectivity index (χ3n) is 5.08. The Hall–Kier alpha value is -1.62. The second-order valence-corrected chi connectivity index (χ2v) is 7.42. The van der Waals surface area contributed by atoms with Crippen LogP contribution in [-0.4, -0.2) is 22.9 Å². The van der Waals surface area contributed by atoms with Crippen LogP contribution in [0.25, 0.3) is 10.9 Å². The number of carbonyl (C=O) groups excluding carboxylic acids is 2. The summed E-state index contributed by atoms with van der Waals surface area (Å²) in [5.74, 6) is 0.0138. The van der Waals surface area contributed by atoms with E-state index in [-0.39, 0.29) is 17.7 Å². The number of hydrogen-bond donors (Lipinski definition) is 1. The smallest absolute Gasteiger partial charge is 0.268 e. The number of aromatic nitrogens is 1. The average Bonchev–Trinajstić information content (AvgIpc) is 2.90. The molecule has 2 aromatic rings. The Morgan fingerprint density at radius 3 is 2.78 bits per heavy atom. The zero-order valence-electron chi connectivity index (χ0n) is 12.9. The highest BCUT2D eigenvalue weighted by atomic mass is 79.9. The Morgan fingerprint density at radius 2 is 2.00 bits per heavy atom. The van der Waals surface area contributed by atoms with Crippen molar-refractivity contribution in [1.82, 2.24) is 9.88 Å². The Labute approximate surface area is 143 Å². The topological polar surface area (TPSA) is 51.1 Å². The first kappa shape index (κ1) is 14.9. The fourth-order valence-electron chi connectivity index (χ4n) is 3.97. The molecule has 0 saturated heterocycles. The monoisotopic (exact) mass is 374 g/mol. The fraction of sp³-hybridized carbons (Fsp3) is 0.444. The van der Waals surface area contributed by atoms with Crippen LogP contribution in [0.2, 0.25) is 0 Å². The van der Waals surface area contributed by atoms with Gasteiger partial charge in [-0.15, -0.1) is 0 Å². The number of benzene rings is 1. The molecule has 4 nitrogen and oxygen atoms in total. The van der Waals surface area contributed by atoms with E-state index in [0.717, 1.165) is 53.0 Å². The maximum Gasteiger partial charge on any atom is 0.268 e. The molecule has 1 saturated carbocycles. The van der Waals surface area contributed by atoms with E-state index in [0.29, 0.717) is 12.2 Å². The van der Waals surface area contributed by atoms with Crippen LogP contribution in [0.1, 0.15) is 53.0 Å². The van der Waals surface area contributed by atoms with Crippen molar-refractivity contribution in [2.75, 3.05) is 6.54 Å². The summed E-state index contributed by atoms with van der Waals surface area (Å²) in [5.41, 5.74) is 2.43. The number of nitrogens with zero attached hydrogens (tertiary/aromatic N) is 1. The van der Waals surface area contributed by atoms with Crippen molar-refractivity contribution >= 4 is 38.6 Å². The lowest BCUT2D eigenvalue weighted by Crippen LogP contribution is -2.36. The Bertz CT molecular complexity index is 803. The Morgan fingerprint density at radius 1 is 1.22 bits per heavy atom. The number of carbonyl (C=O) groups is 2. The molecule has 1 aliphatic carbocycles. The van der Waals surface area contributed by atoms with Crippen LogP contribution in [0.15, 0.2) is 22.7 Å². The van der Waals surface area contributed by atoms with E-state index >= 15 is 0 Å². The number of amides is 1. The molecular formula is C18H19BrN2O2. The minimum Gasteiger partial charge on any atom is -0.350 e. The van der Waals surface area contributed by atoms with Crippen LogP contribution in [0.3, 0.4) is 0 Å². The molecule has 1 aliphatic heterocycles. The van der Waals surface area contributed by atoms with E-state index in [2.05, 4.69) is 21.2 Å². The molecule has 0 radical (unpaired) electrons. The summed E-state index contributed by atoms with van der Waals surface area (Å²) in [6.07, 6.45) is 6.07. The predicted molar refractivity (Wildman–Crippen MR) is 92.9 cm³/mol. The second kappa shape index (κ2) is 5.78. The minimum absolute atomic E-state index is 0.0434. The molecule has 0 spiro atoms. The predicted octanol–water partition coefficient (Wildman–Crippen LogP) is 3.91. The minimum atomic E-state index is -0.122. The SMILES string of the molecule is O=C1NCCc2c1n(C(=O)C1CCCCC1)c1ccc(Br)cc21. The van der Waals surface area contributed by atoms with Gasteiger partial charge in [-0.25, -0.2) is 0 Å². The summed E-state index contributed by atoms with van der Waals surface area (Å²) in [7, 11) is 0. The van der Waals surface area contributed by atoms with Crippen LogP contribution >= 0.6 is 15.9 Å².